The lowest BCUT2D eigenvalue weighted by molar-refractivity contribution is -0.118. The molecule has 0 aliphatic carbocycles. The second-order valence-corrected chi connectivity index (χ2v) is 7.69. The summed E-state index contributed by atoms with van der Waals surface area (Å²) in [6.07, 6.45) is 3.74. The number of rotatable bonds is 6. The lowest BCUT2D eigenvalue weighted by Crippen LogP contribution is -2.20. The van der Waals surface area contributed by atoms with Crippen LogP contribution in [0.5, 0.6) is 11.5 Å². The topological polar surface area (TPSA) is 69.6 Å². The number of halogens is 1. The van der Waals surface area contributed by atoms with E-state index in [2.05, 4.69) is 21.2 Å². The number of benzene rings is 2. The zero-order valence-electron chi connectivity index (χ0n) is 16.2. The molecule has 0 radical (unpaired) electrons. The number of anilines is 1. The molecule has 152 valence electrons. The summed E-state index contributed by atoms with van der Waals surface area (Å²) in [6.45, 7) is 0.402. The summed E-state index contributed by atoms with van der Waals surface area (Å²) in [5, 5.41) is 2.77. The highest BCUT2D eigenvalue weighted by atomic mass is 79.9. The van der Waals surface area contributed by atoms with Gasteiger partial charge in [-0.3, -0.25) is 9.59 Å². The van der Waals surface area contributed by atoms with Crippen LogP contribution < -0.4 is 14.8 Å². The van der Waals surface area contributed by atoms with Gasteiger partial charge in [-0.05, 0) is 60.2 Å². The summed E-state index contributed by atoms with van der Waals surface area (Å²) < 4.78 is 13.9. The van der Waals surface area contributed by atoms with Crippen molar-refractivity contribution in [2.45, 2.75) is 6.54 Å². The van der Waals surface area contributed by atoms with Crippen LogP contribution in [-0.2, 0) is 11.3 Å². The zero-order chi connectivity index (χ0) is 21.1. The molecule has 1 N–H and O–H groups in total. The minimum absolute atomic E-state index is 0.0314. The number of amides is 1. The minimum atomic E-state index is -0.274. The van der Waals surface area contributed by atoms with E-state index in [1.165, 1.54) is 7.11 Å². The van der Waals surface area contributed by atoms with Crippen molar-refractivity contribution in [3.05, 3.63) is 82.1 Å². The molecule has 1 aromatic heterocycles. The first-order valence-electron chi connectivity index (χ1n) is 9.30. The number of nitrogens with zero attached hydrogens (tertiary/aromatic N) is 1. The summed E-state index contributed by atoms with van der Waals surface area (Å²) >= 11 is 3.36. The molecule has 30 heavy (non-hydrogen) atoms. The van der Waals surface area contributed by atoms with Crippen molar-refractivity contribution in [2.75, 3.05) is 19.0 Å². The molecule has 1 aliphatic rings. The van der Waals surface area contributed by atoms with Gasteiger partial charge in [0.2, 0.25) is 5.78 Å². The highest BCUT2D eigenvalue weighted by molar-refractivity contribution is 9.10. The van der Waals surface area contributed by atoms with E-state index in [-0.39, 0.29) is 18.3 Å². The number of methoxy groups -OCH3 is 1. The van der Waals surface area contributed by atoms with Gasteiger partial charge in [0.25, 0.3) is 5.91 Å². The molecule has 1 amide bonds. The molecule has 7 heteroatoms. The van der Waals surface area contributed by atoms with Gasteiger partial charge in [-0.15, -0.1) is 0 Å². The maximum Gasteiger partial charge on any atom is 0.262 e. The predicted molar refractivity (Wildman–Crippen MR) is 118 cm³/mol. The number of ether oxygens (including phenoxy) is 2. The van der Waals surface area contributed by atoms with Crippen molar-refractivity contribution in [3.63, 3.8) is 0 Å². The van der Waals surface area contributed by atoms with Crippen LogP contribution in [0.1, 0.15) is 16.1 Å². The summed E-state index contributed by atoms with van der Waals surface area (Å²) in [5.74, 6) is 0.702. The molecular weight excluding hydrogens is 448 g/mol. The quantitative estimate of drug-likeness (QED) is 0.540. The molecule has 6 nitrogen and oxygen atoms in total. The SMILES string of the molecule is COc1cc(/C=C2/Cn3cccc3C2=O)ccc1OCC(=O)Nc1ccc(Br)cc1. The van der Waals surface area contributed by atoms with Crippen LogP contribution in [0, 0.1) is 0 Å². The molecule has 2 heterocycles. The average Bonchev–Trinajstić information content (AvgIpc) is 3.32. The summed E-state index contributed by atoms with van der Waals surface area (Å²) in [6, 6.07) is 16.3. The molecule has 4 rings (SSSR count). The highest BCUT2D eigenvalue weighted by Gasteiger charge is 2.23. The van der Waals surface area contributed by atoms with Gasteiger partial charge in [0.15, 0.2) is 18.1 Å². The molecule has 0 saturated carbocycles. The van der Waals surface area contributed by atoms with Gasteiger partial charge in [-0.25, -0.2) is 0 Å². The van der Waals surface area contributed by atoms with Crippen LogP contribution in [-0.4, -0.2) is 30.0 Å². The van der Waals surface area contributed by atoms with E-state index in [0.717, 1.165) is 15.6 Å². The number of carbonyl (C=O) groups is 2. The monoisotopic (exact) mass is 466 g/mol. The smallest absolute Gasteiger partial charge is 0.262 e. The van der Waals surface area contributed by atoms with E-state index in [1.807, 2.05) is 47.2 Å². The van der Waals surface area contributed by atoms with Crippen molar-refractivity contribution in [1.29, 1.82) is 0 Å². The van der Waals surface area contributed by atoms with E-state index in [4.69, 9.17) is 9.47 Å². The Bertz CT molecular complexity index is 1130. The fourth-order valence-electron chi connectivity index (χ4n) is 3.26. The number of Topliss-reactive ketones (excluding diaryl/α,β-unsaturated/α-hetero) is 1. The number of fused-ring (bicyclic) bond motifs is 1. The fourth-order valence-corrected chi connectivity index (χ4v) is 3.52. The zero-order valence-corrected chi connectivity index (χ0v) is 17.8. The Morgan fingerprint density at radius 1 is 1.17 bits per heavy atom. The second-order valence-electron chi connectivity index (χ2n) is 6.77. The lowest BCUT2D eigenvalue weighted by Gasteiger charge is -2.12. The first-order valence-corrected chi connectivity index (χ1v) is 10.1. The number of aromatic nitrogens is 1. The molecule has 0 spiro atoms. The summed E-state index contributed by atoms with van der Waals surface area (Å²) in [7, 11) is 1.54. The van der Waals surface area contributed by atoms with Crippen LogP contribution in [0.15, 0.2) is 70.8 Å². The Balaban J connectivity index is 1.42. The standard InChI is InChI=1S/C23H19BrN2O4/c1-29-21-12-15(11-16-13-26-10-2-3-19(26)23(16)28)4-9-20(21)30-14-22(27)25-18-7-5-17(24)6-8-18/h2-12H,13-14H2,1H3,(H,25,27)/b16-11-. The molecule has 0 atom stereocenters. The first-order chi connectivity index (χ1) is 14.5. The van der Waals surface area contributed by atoms with Gasteiger partial charge in [0.05, 0.1) is 19.3 Å². The van der Waals surface area contributed by atoms with Crippen LogP contribution in [0.2, 0.25) is 0 Å². The third-order valence-electron chi connectivity index (χ3n) is 4.71. The molecular formula is C23H19BrN2O4. The van der Waals surface area contributed by atoms with Crippen molar-refractivity contribution >= 4 is 39.4 Å². The Morgan fingerprint density at radius 2 is 1.97 bits per heavy atom. The third kappa shape index (κ3) is 4.31. The summed E-state index contributed by atoms with van der Waals surface area (Å²) in [4.78, 5) is 24.6. The van der Waals surface area contributed by atoms with Gasteiger partial charge < -0.3 is 19.4 Å². The van der Waals surface area contributed by atoms with Crippen molar-refractivity contribution in [1.82, 2.24) is 4.57 Å². The molecule has 2 aromatic carbocycles. The molecule has 1 aliphatic heterocycles. The van der Waals surface area contributed by atoms with Crippen LogP contribution in [0.25, 0.3) is 6.08 Å². The highest BCUT2D eigenvalue weighted by Crippen LogP contribution is 2.30. The predicted octanol–water partition coefficient (Wildman–Crippen LogP) is 4.56. The van der Waals surface area contributed by atoms with Gasteiger partial charge in [0, 0.05) is 21.9 Å². The van der Waals surface area contributed by atoms with Crippen molar-refractivity contribution in [2.24, 2.45) is 0 Å². The van der Waals surface area contributed by atoms with Crippen LogP contribution in [0.3, 0.4) is 0 Å². The van der Waals surface area contributed by atoms with Gasteiger partial charge in [-0.2, -0.15) is 0 Å². The molecule has 3 aromatic rings. The molecule has 0 saturated heterocycles. The van der Waals surface area contributed by atoms with E-state index < -0.39 is 0 Å². The van der Waals surface area contributed by atoms with Crippen LogP contribution in [0.4, 0.5) is 5.69 Å². The summed E-state index contributed by atoms with van der Waals surface area (Å²) in [5.41, 5.74) is 2.93. The van der Waals surface area contributed by atoms with Gasteiger partial charge in [-0.1, -0.05) is 22.0 Å². The Hall–Kier alpha value is -3.32. The number of carbonyl (C=O) groups excluding carboxylic acids is 2. The second kappa shape index (κ2) is 8.59. The molecule has 0 bridgehead atoms. The Morgan fingerprint density at radius 3 is 2.70 bits per heavy atom. The number of ketones is 1. The third-order valence-corrected chi connectivity index (χ3v) is 5.24. The average molecular weight is 467 g/mol. The van der Waals surface area contributed by atoms with Crippen molar-refractivity contribution < 1.29 is 19.1 Å². The van der Waals surface area contributed by atoms with Gasteiger partial charge in [0.1, 0.15) is 0 Å². The molecule has 0 unspecified atom stereocenters. The normalized spacial score (nSPS) is 13.9. The Labute approximate surface area is 182 Å². The van der Waals surface area contributed by atoms with E-state index in [9.17, 15) is 9.59 Å². The van der Waals surface area contributed by atoms with Gasteiger partial charge >= 0.3 is 0 Å². The van der Waals surface area contributed by atoms with E-state index in [1.54, 1.807) is 24.3 Å². The first kappa shape index (κ1) is 20.0. The van der Waals surface area contributed by atoms with Crippen molar-refractivity contribution in [3.8, 4) is 11.5 Å². The fraction of sp³-hybridized carbons (Fsp3) is 0.130. The van der Waals surface area contributed by atoms with Crippen LogP contribution >= 0.6 is 15.9 Å². The van der Waals surface area contributed by atoms with E-state index in [0.29, 0.717) is 29.4 Å². The number of hydrogen-bond acceptors (Lipinski definition) is 4. The lowest BCUT2D eigenvalue weighted by atomic mass is 10.1. The van der Waals surface area contributed by atoms with E-state index >= 15 is 0 Å². The maximum absolute atomic E-state index is 12.4. The number of nitrogens with one attached hydrogen (secondary N) is 1. The molecule has 0 fully saturated rings. The number of allylic oxidation sites excluding steroid dienone is 1. The Kier molecular flexibility index (Phi) is 5.72. The maximum atomic E-state index is 12.4. The minimum Gasteiger partial charge on any atom is -0.493 e. The number of hydrogen-bond donors (Lipinski definition) is 1. The largest absolute Gasteiger partial charge is 0.493 e.